The topological polar surface area (TPSA) is 86.8 Å². The Labute approximate surface area is 179 Å². The third-order valence-electron chi connectivity index (χ3n) is 4.02. The number of para-hydroxylation sites is 1. The van der Waals surface area contributed by atoms with E-state index >= 15 is 0 Å². The molecule has 0 aliphatic carbocycles. The Kier molecular flexibility index (Phi) is 10.1. The van der Waals surface area contributed by atoms with E-state index in [2.05, 4.69) is 26.3 Å². The van der Waals surface area contributed by atoms with Gasteiger partial charge in [-0.3, -0.25) is 0 Å². The Morgan fingerprint density at radius 2 is 1.77 bits per heavy atom. The molecule has 0 aromatic heterocycles. The fourth-order valence-corrected chi connectivity index (χ4v) is 2.62. The molecule has 30 heavy (non-hydrogen) atoms. The van der Waals surface area contributed by atoms with Crippen LogP contribution in [0.2, 0.25) is 0 Å². The van der Waals surface area contributed by atoms with Crippen molar-refractivity contribution < 1.29 is 9.53 Å². The van der Waals surface area contributed by atoms with Gasteiger partial charge in [0.15, 0.2) is 5.96 Å². The highest BCUT2D eigenvalue weighted by atomic mass is 16.5. The lowest BCUT2D eigenvalue weighted by Gasteiger charge is -2.12. The zero-order chi connectivity index (χ0) is 21.6. The molecule has 0 atom stereocenters. The highest BCUT2D eigenvalue weighted by molar-refractivity contribution is 5.89. The van der Waals surface area contributed by atoms with Gasteiger partial charge in [-0.1, -0.05) is 30.3 Å². The highest BCUT2D eigenvalue weighted by Gasteiger charge is 2.03. The van der Waals surface area contributed by atoms with Crippen molar-refractivity contribution in [2.24, 2.45) is 4.99 Å². The maximum absolute atomic E-state index is 11.8. The molecule has 0 bridgehead atoms. The number of carbonyl (C=O) groups excluding carboxylic acids is 1. The Hall–Kier alpha value is -3.22. The normalized spacial score (nSPS) is 11.1. The summed E-state index contributed by atoms with van der Waals surface area (Å²) >= 11 is 0. The quantitative estimate of drug-likeness (QED) is 0.273. The standard InChI is InChI=1S/C23H33N5O2/c1-4-24-22(25-15-8-16-30-21-9-6-5-7-10-21)26-17-19-11-13-20(14-12-19)28-23(29)27-18(2)3/h5-7,9-14,18H,4,8,15-17H2,1-3H3,(H2,24,25,26)(H2,27,28,29). The zero-order valence-electron chi connectivity index (χ0n) is 18.1. The molecule has 0 unspecified atom stereocenters. The van der Waals surface area contributed by atoms with Crippen LogP contribution in [-0.2, 0) is 6.54 Å². The molecule has 0 fully saturated rings. The number of anilines is 1. The largest absolute Gasteiger partial charge is 0.494 e. The number of amides is 2. The minimum absolute atomic E-state index is 0.0977. The summed E-state index contributed by atoms with van der Waals surface area (Å²) < 4.78 is 5.70. The molecule has 2 aromatic carbocycles. The van der Waals surface area contributed by atoms with Crippen LogP contribution in [0.3, 0.4) is 0 Å². The summed E-state index contributed by atoms with van der Waals surface area (Å²) in [6.45, 7) is 8.65. The van der Waals surface area contributed by atoms with E-state index in [0.717, 1.165) is 42.5 Å². The van der Waals surface area contributed by atoms with Crippen molar-refractivity contribution >= 4 is 17.7 Å². The third-order valence-corrected chi connectivity index (χ3v) is 4.02. The molecule has 0 radical (unpaired) electrons. The van der Waals surface area contributed by atoms with Crippen LogP contribution in [0, 0.1) is 0 Å². The van der Waals surface area contributed by atoms with Crippen molar-refractivity contribution in [1.29, 1.82) is 0 Å². The molecular weight excluding hydrogens is 378 g/mol. The number of nitrogens with zero attached hydrogens (tertiary/aromatic N) is 1. The van der Waals surface area contributed by atoms with Crippen LogP contribution in [0.25, 0.3) is 0 Å². The van der Waals surface area contributed by atoms with Gasteiger partial charge in [-0.2, -0.15) is 0 Å². The zero-order valence-corrected chi connectivity index (χ0v) is 18.1. The summed E-state index contributed by atoms with van der Waals surface area (Å²) in [6.07, 6.45) is 0.873. The molecule has 0 spiro atoms. The van der Waals surface area contributed by atoms with Gasteiger partial charge >= 0.3 is 6.03 Å². The molecule has 0 saturated carbocycles. The van der Waals surface area contributed by atoms with Crippen LogP contribution in [0.4, 0.5) is 10.5 Å². The molecule has 2 amide bonds. The van der Waals surface area contributed by atoms with Gasteiger partial charge in [-0.05, 0) is 57.0 Å². The van der Waals surface area contributed by atoms with Crippen molar-refractivity contribution in [2.75, 3.05) is 25.0 Å². The van der Waals surface area contributed by atoms with Gasteiger partial charge in [-0.15, -0.1) is 0 Å². The Morgan fingerprint density at radius 3 is 2.43 bits per heavy atom. The number of nitrogens with one attached hydrogen (secondary N) is 4. The average Bonchev–Trinajstić information content (AvgIpc) is 2.73. The number of benzene rings is 2. The lowest BCUT2D eigenvalue weighted by Crippen LogP contribution is -2.38. The molecular formula is C23H33N5O2. The van der Waals surface area contributed by atoms with Gasteiger partial charge in [-0.25, -0.2) is 9.79 Å². The van der Waals surface area contributed by atoms with E-state index in [-0.39, 0.29) is 12.1 Å². The molecule has 7 nitrogen and oxygen atoms in total. The van der Waals surface area contributed by atoms with Crippen molar-refractivity contribution in [3.8, 4) is 5.75 Å². The van der Waals surface area contributed by atoms with Gasteiger partial charge < -0.3 is 26.0 Å². The first kappa shape index (κ1) is 23.1. The smallest absolute Gasteiger partial charge is 0.319 e. The molecule has 2 rings (SSSR count). The maximum Gasteiger partial charge on any atom is 0.319 e. The number of hydrogen-bond acceptors (Lipinski definition) is 3. The molecule has 4 N–H and O–H groups in total. The number of carbonyl (C=O) groups is 1. The molecule has 7 heteroatoms. The van der Waals surface area contributed by atoms with E-state index in [1.165, 1.54) is 0 Å². The number of hydrogen-bond donors (Lipinski definition) is 4. The summed E-state index contributed by atoms with van der Waals surface area (Å²) in [4.78, 5) is 16.4. The fraction of sp³-hybridized carbons (Fsp3) is 0.391. The molecule has 162 valence electrons. The molecule has 0 heterocycles. The Bertz CT molecular complexity index is 776. The number of rotatable bonds is 10. The van der Waals surface area contributed by atoms with E-state index in [0.29, 0.717) is 13.2 Å². The third kappa shape index (κ3) is 9.32. The van der Waals surface area contributed by atoms with Crippen LogP contribution in [0.1, 0.15) is 32.8 Å². The van der Waals surface area contributed by atoms with Crippen molar-refractivity contribution in [1.82, 2.24) is 16.0 Å². The summed E-state index contributed by atoms with van der Waals surface area (Å²) in [6, 6.07) is 17.4. The second-order valence-electron chi connectivity index (χ2n) is 7.09. The second-order valence-corrected chi connectivity index (χ2v) is 7.09. The van der Waals surface area contributed by atoms with E-state index in [1.807, 2.05) is 75.4 Å². The van der Waals surface area contributed by atoms with E-state index in [9.17, 15) is 4.79 Å². The van der Waals surface area contributed by atoms with Crippen LogP contribution in [-0.4, -0.2) is 37.7 Å². The van der Waals surface area contributed by atoms with Crippen LogP contribution in [0.15, 0.2) is 59.6 Å². The first-order valence-electron chi connectivity index (χ1n) is 10.4. The average molecular weight is 412 g/mol. The SMILES string of the molecule is CCNC(=NCc1ccc(NC(=O)NC(C)C)cc1)NCCCOc1ccccc1. The molecule has 0 aliphatic rings. The van der Waals surface area contributed by atoms with Gasteiger partial charge in [0, 0.05) is 24.8 Å². The van der Waals surface area contributed by atoms with Crippen molar-refractivity contribution in [3.05, 3.63) is 60.2 Å². The number of aliphatic imine (C=N–C) groups is 1. The number of guanidine groups is 1. The van der Waals surface area contributed by atoms with E-state index in [1.54, 1.807) is 0 Å². The summed E-state index contributed by atoms with van der Waals surface area (Å²) in [7, 11) is 0. The monoisotopic (exact) mass is 411 g/mol. The van der Waals surface area contributed by atoms with Gasteiger partial charge in [0.05, 0.1) is 13.2 Å². The second kappa shape index (κ2) is 13.1. The molecule has 2 aromatic rings. The Balaban J connectivity index is 1.75. The minimum Gasteiger partial charge on any atom is -0.494 e. The van der Waals surface area contributed by atoms with Crippen molar-refractivity contribution in [3.63, 3.8) is 0 Å². The summed E-state index contributed by atoms with van der Waals surface area (Å²) in [5.74, 6) is 1.66. The predicted molar refractivity (Wildman–Crippen MR) is 123 cm³/mol. The summed E-state index contributed by atoms with van der Waals surface area (Å²) in [5.41, 5.74) is 1.82. The maximum atomic E-state index is 11.8. The number of urea groups is 1. The molecule has 0 saturated heterocycles. The first-order valence-corrected chi connectivity index (χ1v) is 10.4. The van der Waals surface area contributed by atoms with Gasteiger partial charge in [0.2, 0.25) is 0 Å². The lowest BCUT2D eigenvalue weighted by molar-refractivity contribution is 0.250. The highest BCUT2D eigenvalue weighted by Crippen LogP contribution is 2.10. The summed E-state index contributed by atoms with van der Waals surface area (Å²) in [5, 5.41) is 12.2. The number of ether oxygens (including phenoxy) is 1. The Morgan fingerprint density at radius 1 is 1.03 bits per heavy atom. The van der Waals surface area contributed by atoms with Crippen LogP contribution >= 0.6 is 0 Å². The molecule has 0 aliphatic heterocycles. The van der Waals surface area contributed by atoms with Crippen LogP contribution in [0.5, 0.6) is 5.75 Å². The van der Waals surface area contributed by atoms with Gasteiger partial charge in [0.25, 0.3) is 0 Å². The first-order chi connectivity index (χ1) is 14.6. The predicted octanol–water partition coefficient (Wildman–Crippen LogP) is 3.74. The van der Waals surface area contributed by atoms with E-state index < -0.39 is 0 Å². The fourth-order valence-electron chi connectivity index (χ4n) is 2.62. The minimum atomic E-state index is -0.203. The van der Waals surface area contributed by atoms with Crippen LogP contribution < -0.4 is 26.0 Å². The van der Waals surface area contributed by atoms with Gasteiger partial charge in [0.1, 0.15) is 5.75 Å². The van der Waals surface area contributed by atoms with E-state index in [4.69, 9.17) is 4.74 Å². The lowest BCUT2D eigenvalue weighted by atomic mass is 10.2. The van der Waals surface area contributed by atoms with Crippen molar-refractivity contribution in [2.45, 2.75) is 39.8 Å².